The van der Waals surface area contributed by atoms with E-state index in [2.05, 4.69) is 4.98 Å². The second kappa shape index (κ2) is 6.00. The van der Waals surface area contributed by atoms with Gasteiger partial charge in [-0.3, -0.25) is 4.79 Å². The van der Waals surface area contributed by atoms with Crippen molar-refractivity contribution in [2.75, 3.05) is 13.2 Å². The van der Waals surface area contributed by atoms with Crippen LogP contribution in [0.5, 0.6) is 0 Å². The molecule has 0 aliphatic rings. The number of hydrogen-bond acceptors (Lipinski definition) is 5. The fourth-order valence-electron chi connectivity index (χ4n) is 1.45. The van der Waals surface area contributed by atoms with Gasteiger partial charge in [0.15, 0.2) is 5.43 Å². The zero-order valence-corrected chi connectivity index (χ0v) is 10.5. The third-order valence-corrected chi connectivity index (χ3v) is 2.13. The number of aryl methyl sites for hydroxylation is 1. The Labute approximate surface area is 104 Å². The van der Waals surface area contributed by atoms with Gasteiger partial charge in [0, 0.05) is 11.8 Å². The Balaban J connectivity index is 3.34. The molecule has 18 heavy (non-hydrogen) atoms. The van der Waals surface area contributed by atoms with Crippen molar-refractivity contribution in [1.82, 2.24) is 4.98 Å². The van der Waals surface area contributed by atoms with Crippen molar-refractivity contribution in [3.63, 3.8) is 0 Å². The van der Waals surface area contributed by atoms with E-state index < -0.39 is 17.4 Å². The van der Waals surface area contributed by atoms with Crippen LogP contribution in [0, 0.1) is 6.92 Å². The number of ether oxygens (including phenoxy) is 2. The molecule has 0 aromatic carbocycles. The highest BCUT2D eigenvalue weighted by Crippen LogP contribution is 2.07. The predicted molar refractivity (Wildman–Crippen MR) is 63.7 cm³/mol. The number of H-pyrrole nitrogens is 1. The van der Waals surface area contributed by atoms with Crippen molar-refractivity contribution >= 4 is 11.9 Å². The minimum absolute atomic E-state index is 0.119. The van der Waals surface area contributed by atoms with Crippen LogP contribution in [0.25, 0.3) is 0 Å². The molecule has 1 aromatic heterocycles. The molecule has 0 spiro atoms. The largest absolute Gasteiger partial charge is 0.462 e. The summed E-state index contributed by atoms with van der Waals surface area (Å²) in [6.45, 7) is 5.13. The molecule has 1 rings (SSSR count). The Hall–Kier alpha value is -2.11. The summed E-state index contributed by atoms with van der Waals surface area (Å²) in [7, 11) is 0. The summed E-state index contributed by atoms with van der Waals surface area (Å²) < 4.78 is 9.54. The second-order valence-electron chi connectivity index (χ2n) is 3.51. The number of carbonyl (C=O) groups is 2. The number of hydrogen-bond donors (Lipinski definition) is 1. The quantitative estimate of drug-likeness (QED) is 0.810. The van der Waals surface area contributed by atoms with Crippen LogP contribution in [0.1, 0.15) is 40.4 Å². The first-order valence-electron chi connectivity index (χ1n) is 5.59. The molecule has 0 radical (unpaired) electrons. The Morgan fingerprint density at radius 1 is 1.17 bits per heavy atom. The summed E-state index contributed by atoms with van der Waals surface area (Å²) in [4.78, 5) is 37.8. The lowest BCUT2D eigenvalue weighted by Crippen LogP contribution is -2.25. The number of carbonyl (C=O) groups excluding carboxylic acids is 2. The lowest BCUT2D eigenvalue weighted by molar-refractivity contribution is 0.0472. The monoisotopic (exact) mass is 253 g/mol. The van der Waals surface area contributed by atoms with E-state index in [1.807, 2.05) is 0 Å². The molecule has 98 valence electrons. The molecule has 0 atom stereocenters. The predicted octanol–water partition coefficient (Wildman–Crippen LogP) is 1.04. The van der Waals surface area contributed by atoms with E-state index in [-0.39, 0.29) is 24.5 Å². The molecule has 0 bridgehead atoms. The van der Waals surface area contributed by atoms with Crippen molar-refractivity contribution in [3.05, 3.63) is 33.2 Å². The summed E-state index contributed by atoms with van der Waals surface area (Å²) in [5.74, 6) is -1.58. The van der Waals surface area contributed by atoms with Gasteiger partial charge in [0.05, 0.1) is 13.2 Å². The van der Waals surface area contributed by atoms with Gasteiger partial charge in [0.1, 0.15) is 11.3 Å². The third-order valence-electron chi connectivity index (χ3n) is 2.13. The molecule has 6 heteroatoms. The molecule has 0 saturated carbocycles. The van der Waals surface area contributed by atoms with Crippen molar-refractivity contribution < 1.29 is 19.1 Å². The molecule has 1 aromatic rings. The normalized spacial score (nSPS) is 9.94. The number of pyridine rings is 1. The van der Waals surface area contributed by atoms with Crippen LogP contribution in [0.4, 0.5) is 0 Å². The molecular weight excluding hydrogens is 238 g/mol. The highest BCUT2D eigenvalue weighted by molar-refractivity contribution is 6.01. The van der Waals surface area contributed by atoms with Crippen molar-refractivity contribution in [1.29, 1.82) is 0 Å². The van der Waals surface area contributed by atoms with Gasteiger partial charge in [-0.1, -0.05) is 0 Å². The number of esters is 2. The third kappa shape index (κ3) is 2.97. The van der Waals surface area contributed by atoms with Gasteiger partial charge in [-0.25, -0.2) is 9.59 Å². The number of rotatable bonds is 4. The van der Waals surface area contributed by atoms with Crippen molar-refractivity contribution in [3.8, 4) is 0 Å². The van der Waals surface area contributed by atoms with E-state index in [1.54, 1.807) is 20.8 Å². The highest BCUT2D eigenvalue weighted by Gasteiger charge is 2.23. The molecule has 0 fully saturated rings. The number of aromatic amines is 1. The number of aromatic nitrogens is 1. The Morgan fingerprint density at radius 2 is 1.72 bits per heavy atom. The highest BCUT2D eigenvalue weighted by atomic mass is 16.5. The first-order valence-corrected chi connectivity index (χ1v) is 5.59. The van der Waals surface area contributed by atoms with E-state index in [1.165, 1.54) is 6.07 Å². The van der Waals surface area contributed by atoms with Crippen LogP contribution in [-0.2, 0) is 9.47 Å². The summed E-state index contributed by atoms with van der Waals surface area (Å²) in [6, 6.07) is 1.23. The standard InChI is InChI=1S/C12H15NO5/c1-4-17-11(15)9-8(14)6-7(3)13-10(9)12(16)18-5-2/h6H,4-5H2,1-3H3,(H,13,14). The van der Waals surface area contributed by atoms with Crippen LogP contribution in [-0.4, -0.2) is 30.1 Å². The van der Waals surface area contributed by atoms with Crippen LogP contribution < -0.4 is 5.43 Å². The Kier molecular flexibility index (Phi) is 4.65. The molecule has 1 N–H and O–H groups in total. The summed E-state index contributed by atoms with van der Waals surface area (Å²) in [6.07, 6.45) is 0. The molecule has 0 aliphatic heterocycles. The van der Waals surface area contributed by atoms with Gasteiger partial charge in [0.2, 0.25) is 0 Å². The fraction of sp³-hybridized carbons (Fsp3) is 0.417. The molecule has 0 amide bonds. The van der Waals surface area contributed by atoms with E-state index in [9.17, 15) is 14.4 Å². The van der Waals surface area contributed by atoms with E-state index in [0.29, 0.717) is 5.69 Å². The van der Waals surface area contributed by atoms with Gasteiger partial charge in [-0.15, -0.1) is 0 Å². The summed E-state index contributed by atoms with van der Waals surface area (Å²) in [5.41, 5.74) is -0.579. The molecular formula is C12H15NO5. The smallest absolute Gasteiger partial charge is 0.355 e. The zero-order chi connectivity index (χ0) is 13.7. The first kappa shape index (κ1) is 14.0. The van der Waals surface area contributed by atoms with Crippen LogP contribution in [0.3, 0.4) is 0 Å². The van der Waals surface area contributed by atoms with Gasteiger partial charge in [0.25, 0.3) is 0 Å². The van der Waals surface area contributed by atoms with Gasteiger partial charge < -0.3 is 14.5 Å². The SMILES string of the molecule is CCOC(=O)c1[nH]c(C)cc(=O)c1C(=O)OCC. The maximum absolute atomic E-state index is 11.8. The fourth-order valence-corrected chi connectivity index (χ4v) is 1.45. The second-order valence-corrected chi connectivity index (χ2v) is 3.51. The summed E-state index contributed by atoms with van der Waals surface area (Å²) in [5, 5.41) is 0. The maximum atomic E-state index is 11.8. The minimum Gasteiger partial charge on any atom is -0.462 e. The first-order chi connectivity index (χ1) is 8.51. The van der Waals surface area contributed by atoms with Crippen molar-refractivity contribution in [2.45, 2.75) is 20.8 Å². The lowest BCUT2D eigenvalue weighted by Gasteiger charge is -2.08. The van der Waals surface area contributed by atoms with Crippen LogP contribution in [0.2, 0.25) is 0 Å². The van der Waals surface area contributed by atoms with E-state index in [0.717, 1.165) is 0 Å². The maximum Gasteiger partial charge on any atom is 0.355 e. The minimum atomic E-state index is -0.832. The van der Waals surface area contributed by atoms with E-state index in [4.69, 9.17) is 9.47 Å². The Morgan fingerprint density at radius 3 is 2.28 bits per heavy atom. The molecule has 1 heterocycles. The molecule has 0 aliphatic carbocycles. The van der Waals surface area contributed by atoms with Gasteiger partial charge in [-0.05, 0) is 20.8 Å². The number of nitrogens with one attached hydrogen (secondary N) is 1. The van der Waals surface area contributed by atoms with Crippen molar-refractivity contribution in [2.24, 2.45) is 0 Å². The molecule has 0 unspecified atom stereocenters. The van der Waals surface area contributed by atoms with E-state index >= 15 is 0 Å². The zero-order valence-electron chi connectivity index (χ0n) is 10.5. The molecule has 0 saturated heterocycles. The Bertz CT molecular complexity index is 518. The lowest BCUT2D eigenvalue weighted by atomic mass is 10.1. The van der Waals surface area contributed by atoms with Gasteiger partial charge in [-0.2, -0.15) is 0 Å². The topological polar surface area (TPSA) is 85.5 Å². The molecule has 6 nitrogen and oxygen atoms in total. The van der Waals surface area contributed by atoms with Crippen LogP contribution in [0.15, 0.2) is 10.9 Å². The summed E-state index contributed by atoms with van der Waals surface area (Å²) >= 11 is 0. The van der Waals surface area contributed by atoms with Crippen LogP contribution >= 0.6 is 0 Å². The van der Waals surface area contributed by atoms with Gasteiger partial charge >= 0.3 is 11.9 Å². The average molecular weight is 253 g/mol. The average Bonchev–Trinajstić information content (AvgIpc) is 2.28.